The molecule has 0 saturated heterocycles. The van der Waals surface area contributed by atoms with E-state index in [1.54, 1.807) is 4.90 Å². The summed E-state index contributed by atoms with van der Waals surface area (Å²) in [6.45, 7) is 2.82. The van der Waals surface area contributed by atoms with Gasteiger partial charge in [-0.1, -0.05) is 50.1 Å². The van der Waals surface area contributed by atoms with E-state index in [9.17, 15) is 4.79 Å². The van der Waals surface area contributed by atoms with Crippen LogP contribution in [0.1, 0.15) is 38.2 Å². The van der Waals surface area contributed by atoms with Crippen LogP contribution in [0.15, 0.2) is 30.3 Å². The molecule has 2 rings (SSSR count). The lowest BCUT2D eigenvalue weighted by Gasteiger charge is -2.38. The van der Waals surface area contributed by atoms with Gasteiger partial charge in [0.2, 0.25) is 5.91 Å². The molecule has 2 atom stereocenters. The highest BCUT2D eigenvalue weighted by Crippen LogP contribution is 2.31. The maximum absolute atomic E-state index is 12.6. The van der Waals surface area contributed by atoms with Crippen LogP contribution < -0.4 is 5.73 Å². The van der Waals surface area contributed by atoms with Gasteiger partial charge in [0.1, 0.15) is 0 Å². The van der Waals surface area contributed by atoms with E-state index in [4.69, 9.17) is 5.73 Å². The molecule has 0 aromatic heterocycles. The molecular weight excluding hydrogens is 236 g/mol. The van der Waals surface area contributed by atoms with Gasteiger partial charge in [0.25, 0.3) is 0 Å². The van der Waals surface area contributed by atoms with Crippen LogP contribution in [-0.4, -0.2) is 23.4 Å². The van der Waals surface area contributed by atoms with Gasteiger partial charge in [-0.2, -0.15) is 0 Å². The third-order valence-corrected chi connectivity index (χ3v) is 4.07. The molecule has 1 aliphatic rings. The molecule has 19 heavy (non-hydrogen) atoms. The zero-order valence-electron chi connectivity index (χ0n) is 11.9. The number of nitrogens with zero attached hydrogens (tertiary/aromatic N) is 1. The first kappa shape index (κ1) is 14.1. The lowest BCUT2D eigenvalue weighted by atomic mass is 9.76. The molecule has 0 spiro atoms. The molecule has 1 aliphatic carbocycles. The van der Waals surface area contributed by atoms with Crippen LogP contribution in [-0.2, 0) is 11.3 Å². The van der Waals surface area contributed by atoms with Crippen molar-refractivity contribution in [2.45, 2.75) is 44.7 Å². The highest BCUT2D eigenvalue weighted by molar-refractivity contribution is 5.86. The summed E-state index contributed by atoms with van der Waals surface area (Å²) < 4.78 is 0. The van der Waals surface area contributed by atoms with Gasteiger partial charge < -0.3 is 10.6 Å². The summed E-state index contributed by atoms with van der Waals surface area (Å²) in [5.41, 5.74) is 6.85. The molecule has 1 amide bonds. The molecule has 1 fully saturated rings. The Hall–Kier alpha value is -1.35. The van der Waals surface area contributed by atoms with E-state index in [0.29, 0.717) is 12.5 Å². The van der Waals surface area contributed by atoms with Crippen molar-refractivity contribution in [1.82, 2.24) is 4.90 Å². The highest BCUT2D eigenvalue weighted by Gasteiger charge is 2.39. The minimum absolute atomic E-state index is 0.0860. The van der Waals surface area contributed by atoms with E-state index in [0.717, 1.165) is 24.8 Å². The second kappa shape index (κ2) is 5.74. The molecule has 104 valence electrons. The van der Waals surface area contributed by atoms with Crippen LogP contribution in [0.25, 0.3) is 0 Å². The van der Waals surface area contributed by atoms with Gasteiger partial charge in [-0.05, 0) is 24.3 Å². The third-order valence-electron chi connectivity index (χ3n) is 4.07. The van der Waals surface area contributed by atoms with Crippen molar-refractivity contribution in [2.75, 3.05) is 7.05 Å². The normalized spacial score (nSPS) is 27.0. The summed E-state index contributed by atoms with van der Waals surface area (Å²) in [5.74, 6) is 0.635. The highest BCUT2D eigenvalue weighted by atomic mass is 16.2. The van der Waals surface area contributed by atoms with Crippen LogP contribution in [0.4, 0.5) is 0 Å². The summed E-state index contributed by atoms with van der Waals surface area (Å²) in [4.78, 5) is 14.3. The molecule has 2 unspecified atom stereocenters. The molecule has 0 aliphatic heterocycles. The zero-order valence-corrected chi connectivity index (χ0v) is 11.9. The summed E-state index contributed by atoms with van der Waals surface area (Å²) in [6, 6.07) is 10.1. The van der Waals surface area contributed by atoms with E-state index in [-0.39, 0.29) is 5.91 Å². The van der Waals surface area contributed by atoms with Crippen LogP contribution >= 0.6 is 0 Å². The number of carbonyl (C=O) groups excluding carboxylic acids is 1. The molecule has 3 heteroatoms. The van der Waals surface area contributed by atoms with Crippen molar-refractivity contribution in [3.63, 3.8) is 0 Å². The minimum atomic E-state index is -0.652. The Morgan fingerprint density at radius 1 is 1.42 bits per heavy atom. The maximum Gasteiger partial charge on any atom is 0.242 e. The van der Waals surface area contributed by atoms with Crippen molar-refractivity contribution in [1.29, 1.82) is 0 Å². The molecule has 3 nitrogen and oxygen atoms in total. The topological polar surface area (TPSA) is 46.3 Å². The fourth-order valence-corrected chi connectivity index (χ4v) is 3.10. The van der Waals surface area contributed by atoms with Crippen molar-refractivity contribution in [3.05, 3.63) is 35.9 Å². The summed E-state index contributed by atoms with van der Waals surface area (Å²) in [5, 5.41) is 0. The number of likely N-dealkylation sites (N-methyl/N-ethyl adjacent to an activating group) is 1. The van der Waals surface area contributed by atoms with Gasteiger partial charge in [0, 0.05) is 13.6 Å². The Morgan fingerprint density at radius 3 is 2.74 bits per heavy atom. The number of nitrogens with two attached hydrogens (primary N) is 1. The molecule has 1 aromatic rings. The quantitative estimate of drug-likeness (QED) is 0.908. The van der Waals surface area contributed by atoms with E-state index in [1.165, 1.54) is 6.42 Å². The van der Waals surface area contributed by atoms with E-state index in [1.807, 2.05) is 37.4 Å². The first-order chi connectivity index (χ1) is 9.01. The SMILES string of the molecule is CC1CCCC(N)(C(=O)N(C)Cc2ccccc2)C1. The minimum Gasteiger partial charge on any atom is -0.340 e. The van der Waals surface area contributed by atoms with E-state index in [2.05, 4.69) is 6.92 Å². The van der Waals surface area contributed by atoms with Crippen molar-refractivity contribution in [3.8, 4) is 0 Å². The summed E-state index contributed by atoms with van der Waals surface area (Å²) >= 11 is 0. The van der Waals surface area contributed by atoms with Crippen LogP contribution in [0.5, 0.6) is 0 Å². The van der Waals surface area contributed by atoms with Crippen molar-refractivity contribution in [2.24, 2.45) is 11.7 Å². The Labute approximate surface area is 115 Å². The second-order valence-corrected chi connectivity index (χ2v) is 6.00. The zero-order chi connectivity index (χ0) is 13.9. The maximum atomic E-state index is 12.6. The summed E-state index contributed by atoms with van der Waals surface area (Å²) in [7, 11) is 1.85. The van der Waals surface area contributed by atoms with Gasteiger partial charge in [-0.25, -0.2) is 0 Å². The molecule has 0 radical (unpaired) electrons. The molecule has 1 aromatic carbocycles. The Kier molecular flexibility index (Phi) is 4.25. The Morgan fingerprint density at radius 2 is 2.11 bits per heavy atom. The lowest BCUT2D eigenvalue weighted by Crippen LogP contribution is -2.56. The van der Waals surface area contributed by atoms with E-state index < -0.39 is 5.54 Å². The van der Waals surface area contributed by atoms with Gasteiger partial charge >= 0.3 is 0 Å². The Balaban J connectivity index is 2.02. The average Bonchev–Trinajstić information content (AvgIpc) is 2.38. The first-order valence-electron chi connectivity index (χ1n) is 7.10. The second-order valence-electron chi connectivity index (χ2n) is 6.00. The predicted molar refractivity (Wildman–Crippen MR) is 77.5 cm³/mol. The van der Waals surface area contributed by atoms with Gasteiger partial charge in [0.15, 0.2) is 0 Å². The fraction of sp³-hybridized carbons (Fsp3) is 0.562. The number of amides is 1. The van der Waals surface area contributed by atoms with Crippen LogP contribution in [0.3, 0.4) is 0 Å². The number of rotatable bonds is 3. The number of hydrogen-bond donors (Lipinski definition) is 1. The van der Waals surface area contributed by atoms with E-state index >= 15 is 0 Å². The molecule has 1 saturated carbocycles. The number of benzene rings is 1. The third kappa shape index (κ3) is 3.35. The largest absolute Gasteiger partial charge is 0.340 e. The van der Waals surface area contributed by atoms with Crippen molar-refractivity contribution < 1.29 is 4.79 Å². The smallest absolute Gasteiger partial charge is 0.242 e. The predicted octanol–water partition coefficient (Wildman–Crippen LogP) is 2.55. The van der Waals surface area contributed by atoms with Crippen LogP contribution in [0.2, 0.25) is 0 Å². The van der Waals surface area contributed by atoms with Crippen molar-refractivity contribution >= 4 is 5.91 Å². The molecule has 2 N–H and O–H groups in total. The van der Waals surface area contributed by atoms with Gasteiger partial charge in [-0.3, -0.25) is 4.79 Å². The molecule has 0 heterocycles. The fourth-order valence-electron chi connectivity index (χ4n) is 3.10. The lowest BCUT2D eigenvalue weighted by molar-refractivity contribution is -0.138. The molecular formula is C16H24N2O. The van der Waals surface area contributed by atoms with Gasteiger partial charge in [0.05, 0.1) is 5.54 Å². The standard InChI is InChI=1S/C16H24N2O/c1-13-7-6-10-16(17,11-13)15(19)18(2)12-14-8-4-3-5-9-14/h3-5,8-9,13H,6-7,10-12,17H2,1-2H3. The number of carbonyl (C=O) groups is 1. The monoisotopic (exact) mass is 260 g/mol. The van der Waals surface area contributed by atoms with Crippen LogP contribution in [0, 0.1) is 5.92 Å². The average molecular weight is 260 g/mol. The first-order valence-corrected chi connectivity index (χ1v) is 7.10. The van der Waals surface area contributed by atoms with Gasteiger partial charge in [-0.15, -0.1) is 0 Å². The Bertz CT molecular complexity index is 432. The number of hydrogen-bond acceptors (Lipinski definition) is 2. The summed E-state index contributed by atoms with van der Waals surface area (Å²) in [6.07, 6.45) is 3.87. The molecule has 0 bridgehead atoms.